The Morgan fingerprint density at radius 2 is 1.94 bits per heavy atom. The molecule has 17 heavy (non-hydrogen) atoms. The monoisotopic (exact) mass is 251 g/mol. The fourth-order valence-electron chi connectivity index (χ4n) is 2.21. The lowest BCUT2D eigenvalue weighted by atomic mass is 9.93. The van der Waals surface area contributed by atoms with Crippen molar-refractivity contribution in [2.45, 2.75) is 32.4 Å². The first-order valence-corrected chi connectivity index (χ1v) is 5.97. The second-order valence-electron chi connectivity index (χ2n) is 4.70. The van der Waals surface area contributed by atoms with Gasteiger partial charge in [-0.2, -0.15) is 13.2 Å². The summed E-state index contributed by atoms with van der Waals surface area (Å²) in [5.74, 6) is -1.97. The molecule has 1 aliphatic rings. The first-order chi connectivity index (χ1) is 7.84. The Morgan fingerprint density at radius 3 is 2.29 bits per heavy atom. The Labute approximate surface area is 99.7 Å². The topological polar surface area (TPSA) is 53.1 Å². The molecule has 0 aromatic heterocycles. The molecule has 0 aromatic carbocycles. The van der Waals surface area contributed by atoms with Gasteiger partial charge in [-0.05, 0) is 31.8 Å². The van der Waals surface area contributed by atoms with E-state index in [1.54, 1.807) is 4.90 Å². The molecule has 100 valence electrons. The maximum absolute atomic E-state index is 12.6. The largest absolute Gasteiger partial charge is 0.399 e. The lowest BCUT2D eigenvalue weighted by Gasteiger charge is -2.34. The molecule has 0 radical (unpaired) electrons. The van der Waals surface area contributed by atoms with E-state index in [1.165, 1.54) is 0 Å². The number of hydrogen-bond donors (Lipinski definition) is 2. The summed E-state index contributed by atoms with van der Waals surface area (Å²) < 4.78 is 37.9. The molecule has 1 heterocycles. The Kier molecular flexibility index (Phi) is 4.80. The minimum Gasteiger partial charge on any atom is -0.387 e. The summed E-state index contributed by atoms with van der Waals surface area (Å²) >= 11 is 0. The van der Waals surface area contributed by atoms with Crippen LogP contribution in [0.25, 0.3) is 0 Å². The molecule has 0 spiro atoms. The summed E-state index contributed by atoms with van der Waals surface area (Å²) in [6.45, 7) is 3.29. The summed E-state index contributed by atoms with van der Waals surface area (Å²) in [6, 6.07) is 0. The summed E-state index contributed by atoms with van der Waals surface area (Å²) in [7, 11) is 0. The van der Waals surface area contributed by atoms with Crippen LogP contribution in [-0.4, -0.2) is 36.5 Å². The molecule has 1 saturated heterocycles. The summed E-state index contributed by atoms with van der Waals surface area (Å²) in [4.78, 5) is 1.77. The maximum Gasteiger partial charge on any atom is 0.399 e. The lowest BCUT2D eigenvalue weighted by Crippen LogP contribution is -2.46. The van der Waals surface area contributed by atoms with Gasteiger partial charge in [-0.25, -0.2) is 0 Å². The van der Waals surface area contributed by atoms with Crippen molar-refractivity contribution in [3.63, 3.8) is 0 Å². The maximum atomic E-state index is 12.6. The van der Waals surface area contributed by atoms with Gasteiger partial charge in [-0.1, -0.05) is 13.3 Å². The predicted molar refractivity (Wildman–Crippen MR) is 60.9 cm³/mol. The highest BCUT2D eigenvalue weighted by Gasteiger charge is 2.43. The van der Waals surface area contributed by atoms with Gasteiger partial charge in [-0.3, -0.25) is 5.41 Å². The number of halogens is 3. The number of amidine groups is 1. The molecule has 0 amide bonds. The van der Waals surface area contributed by atoms with Gasteiger partial charge in [0, 0.05) is 6.54 Å². The number of alkyl halides is 3. The van der Waals surface area contributed by atoms with Crippen molar-refractivity contribution >= 4 is 5.84 Å². The highest BCUT2D eigenvalue weighted by molar-refractivity contribution is 5.80. The molecular formula is C11H20F3N3. The normalized spacial score (nSPS) is 21.4. The van der Waals surface area contributed by atoms with Gasteiger partial charge in [0.2, 0.25) is 0 Å². The van der Waals surface area contributed by atoms with Crippen LogP contribution in [0.5, 0.6) is 0 Å². The fraction of sp³-hybridized carbons (Fsp3) is 0.909. The minimum absolute atomic E-state index is 0.171. The van der Waals surface area contributed by atoms with Gasteiger partial charge in [0.05, 0.1) is 0 Å². The van der Waals surface area contributed by atoms with Crippen molar-refractivity contribution in [1.82, 2.24) is 4.90 Å². The van der Waals surface area contributed by atoms with E-state index < -0.39 is 17.9 Å². The van der Waals surface area contributed by atoms with Crippen LogP contribution in [0.3, 0.4) is 0 Å². The summed E-state index contributed by atoms with van der Waals surface area (Å²) in [5, 5.41) is 7.03. The standard InChI is InChI=1S/C11H20F3N3/c1-2-8-3-5-17(6-4-8)7-9(10(15)16)11(12,13)14/h8-9H,2-7H2,1H3,(H3,15,16). The molecule has 3 N–H and O–H groups in total. The molecule has 0 saturated carbocycles. The number of nitrogens with zero attached hydrogens (tertiary/aromatic N) is 1. The highest BCUT2D eigenvalue weighted by Crippen LogP contribution is 2.28. The minimum atomic E-state index is -4.41. The highest BCUT2D eigenvalue weighted by atomic mass is 19.4. The zero-order chi connectivity index (χ0) is 13.1. The van der Waals surface area contributed by atoms with Gasteiger partial charge in [0.1, 0.15) is 11.8 Å². The quantitative estimate of drug-likeness (QED) is 0.594. The number of nitrogens with one attached hydrogen (secondary N) is 1. The van der Waals surface area contributed by atoms with Gasteiger partial charge >= 0.3 is 6.18 Å². The van der Waals surface area contributed by atoms with Crippen LogP contribution in [0.1, 0.15) is 26.2 Å². The zero-order valence-electron chi connectivity index (χ0n) is 10.1. The summed E-state index contributed by atoms with van der Waals surface area (Å²) in [6.07, 6.45) is -1.44. The molecule has 1 aliphatic heterocycles. The smallest absolute Gasteiger partial charge is 0.387 e. The molecule has 0 aliphatic carbocycles. The van der Waals surface area contributed by atoms with E-state index in [0.29, 0.717) is 19.0 Å². The van der Waals surface area contributed by atoms with Crippen molar-refractivity contribution < 1.29 is 13.2 Å². The molecule has 1 fully saturated rings. The Bertz CT molecular complexity index is 257. The van der Waals surface area contributed by atoms with Crippen LogP contribution in [-0.2, 0) is 0 Å². The molecule has 0 bridgehead atoms. The van der Waals surface area contributed by atoms with Crippen LogP contribution < -0.4 is 5.73 Å². The first-order valence-electron chi connectivity index (χ1n) is 5.97. The second kappa shape index (κ2) is 5.71. The molecule has 1 rings (SSSR count). The number of likely N-dealkylation sites (tertiary alicyclic amines) is 1. The average molecular weight is 251 g/mol. The predicted octanol–water partition coefficient (Wildman–Crippen LogP) is 2.22. The third-order valence-corrected chi connectivity index (χ3v) is 3.50. The second-order valence-corrected chi connectivity index (χ2v) is 4.70. The SMILES string of the molecule is CCC1CCN(CC(C(=N)N)C(F)(F)F)CC1. The molecule has 1 unspecified atom stereocenters. The van der Waals surface area contributed by atoms with Crippen LogP contribution in [0.4, 0.5) is 13.2 Å². The van der Waals surface area contributed by atoms with Crippen LogP contribution in [0.15, 0.2) is 0 Å². The van der Waals surface area contributed by atoms with Crippen LogP contribution in [0.2, 0.25) is 0 Å². The van der Waals surface area contributed by atoms with Crippen molar-refractivity contribution in [3.05, 3.63) is 0 Å². The van der Waals surface area contributed by atoms with Crippen molar-refractivity contribution in [2.75, 3.05) is 19.6 Å². The number of piperidine rings is 1. The molecule has 1 atom stereocenters. The Morgan fingerprint density at radius 1 is 1.41 bits per heavy atom. The van der Waals surface area contributed by atoms with Crippen LogP contribution >= 0.6 is 0 Å². The summed E-state index contributed by atoms with van der Waals surface area (Å²) in [5.41, 5.74) is 5.03. The van der Waals surface area contributed by atoms with Gasteiger partial charge < -0.3 is 10.6 Å². The van der Waals surface area contributed by atoms with E-state index in [4.69, 9.17) is 11.1 Å². The molecular weight excluding hydrogens is 231 g/mol. The van der Waals surface area contributed by atoms with Gasteiger partial charge in [0.25, 0.3) is 0 Å². The molecule has 3 nitrogen and oxygen atoms in total. The average Bonchev–Trinajstić information content (AvgIpc) is 2.24. The van der Waals surface area contributed by atoms with E-state index in [2.05, 4.69) is 6.92 Å². The number of rotatable bonds is 4. The van der Waals surface area contributed by atoms with Crippen molar-refractivity contribution in [1.29, 1.82) is 5.41 Å². The van der Waals surface area contributed by atoms with E-state index in [9.17, 15) is 13.2 Å². The van der Waals surface area contributed by atoms with Gasteiger partial charge in [-0.15, -0.1) is 0 Å². The van der Waals surface area contributed by atoms with E-state index in [-0.39, 0.29) is 6.54 Å². The van der Waals surface area contributed by atoms with Crippen molar-refractivity contribution in [2.24, 2.45) is 17.6 Å². The molecule has 6 heteroatoms. The van der Waals surface area contributed by atoms with Crippen molar-refractivity contribution in [3.8, 4) is 0 Å². The molecule has 0 aromatic rings. The fourth-order valence-corrected chi connectivity index (χ4v) is 2.21. The third kappa shape index (κ3) is 4.18. The Balaban J connectivity index is 2.50. The zero-order valence-corrected chi connectivity index (χ0v) is 10.1. The van der Waals surface area contributed by atoms with E-state index in [0.717, 1.165) is 19.3 Å². The Hall–Kier alpha value is -0.780. The van der Waals surface area contributed by atoms with Crippen LogP contribution in [0, 0.1) is 17.2 Å². The lowest BCUT2D eigenvalue weighted by molar-refractivity contribution is -0.160. The number of hydrogen-bond acceptors (Lipinski definition) is 2. The van der Waals surface area contributed by atoms with Gasteiger partial charge in [0.15, 0.2) is 0 Å². The van der Waals surface area contributed by atoms with E-state index >= 15 is 0 Å². The first kappa shape index (κ1) is 14.3. The number of nitrogens with two attached hydrogens (primary N) is 1. The van der Waals surface area contributed by atoms with E-state index in [1.807, 2.05) is 0 Å². The third-order valence-electron chi connectivity index (χ3n) is 3.50.